The van der Waals surface area contributed by atoms with Gasteiger partial charge in [0.2, 0.25) is 5.91 Å². The number of hydrogen-bond donors (Lipinski definition) is 1. The SMILES string of the molecule is C=C(CBr)C(=O)N(Cc1ccccc1)C(CC(C)C)C(=O)NCC(=O)OCc1ccccc1. The third-order valence-electron chi connectivity index (χ3n) is 4.94. The lowest BCUT2D eigenvalue weighted by Crippen LogP contribution is -2.51. The average molecular weight is 515 g/mol. The number of halogens is 1. The minimum absolute atomic E-state index is 0.134. The lowest BCUT2D eigenvalue weighted by Gasteiger charge is -2.32. The van der Waals surface area contributed by atoms with Crippen LogP contribution in [0.5, 0.6) is 0 Å². The number of ether oxygens (including phenoxy) is 1. The number of amides is 2. The van der Waals surface area contributed by atoms with Gasteiger partial charge in [-0.25, -0.2) is 0 Å². The first-order chi connectivity index (χ1) is 15.8. The molecule has 0 aromatic heterocycles. The minimum atomic E-state index is -0.754. The van der Waals surface area contributed by atoms with E-state index in [-0.39, 0.29) is 31.5 Å². The summed E-state index contributed by atoms with van der Waals surface area (Å²) in [7, 11) is 0. The fourth-order valence-corrected chi connectivity index (χ4v) is 3.49. The number of esters is 1. The number of nitrogens with one attached hydrogen (secondary N) is 1. The highest BCUT2D eigenvalue weighted by atomic mass is 79.9. The summed E-state index contributed by atoms with van der Waals surface area (Å²) in [6.07, 6.45) is 0.443. The van der Waals surface area contributed by atoms with Gasteiger partial charge in [-0.1, -0.05) is 97.0 Å². The van der Waals surface area contributed by atoms with E-state index in [1.165, 1.54) is 4.90 Å². The first-order valence-electron chi connectivity index (χ1n) is 10.9. The molecule has 0 bridgehead atoms. The van der Waals surface area contributed by atoms with Gasteiger partial charge in [0.15, 0.2) is 0 Å². The molecular formula is C26H31BrN2O4. The van der Waals surface area contributed by atoms with Gasteiger partial charge in [-0.15, -0.1) is 0 Å². The normalized spacial score (nSPS) is 11.5. The molecule has 2 amide bonds. The Labute approximate surface area is 204 Å². The molecular weight excluding hydrogens is 484 g/mol. The molecule has 6 nitrogen and oxygen atoms in total. The number of nitrogens with zero attached hydrogens (tertiary/aromatic N) is 1. The van der Waals surface area contributed by atoms with E-state index in [4.69, 9.17) is 4.74 Å². The van der Waals surface area contributed by atoms with Crippen molar-refractivity contribution in [3.8, 4) is 0 Å². The lowest BCUT2D eigenvalue weighted by atomic mass is 10.00. The third kappa shape index (κ3) is 8.85. The van der Waals surface area contributed by atoms with E-state index in [1.807, 2.05) is 74.5 Å². The Hall–Kier alpha value is -2.93. The summed E-state index contributed by atoms with van der Waals surface area (Å²) in [6.45, 7) is 7.93. The predicted octanol–water partition coefficient (Wildman–Crippen LogP) is 4.24. The van der Waals surface area contributed by atoms with E-state index in [2.05, 4.69) is 27.8 Å². The van der Waals surface area contributed by atoms with Crippen molar-refractivity contribution >= 4 is 33.7 Å². The Balaban J connectivity index is 2.11. The molecule has 0 heterocycles. The van der Waals surface area contributed by atoms with Gasteiger partial charge in [-0.05, 0) is 23.5 Å². The summed E-state index contributed by atoms with van der Waals surface area (Å²) in [4.78, 5) is 40.0. The molecule has 2 aromatic carbocycles. The molecule has 0 spiro atoms. The van der Waals surface area contributed by atoms with Crippen molar-refractivity contribution < 1.29 is 19.1 Å². The van der Waals surface area contributed by atoms with Gasteiger partial charge in [0.1, 0.15) is 19.2 Å². The Morgan fingerprint density at radius 2 is 1.58 bits per heavy atom. The Morgan fingerprint density at radius 1 is 1.00 bits per heavy atom. The summed E-state index contributed by atoms with van der Waals surface area (Å²) in [6, 6.07) is 18.0. The van der Waals surface area contributed by atoms with E-state index in [1.54, 1.807) is 0 Å². The van der Waals surface area contributed by atoms with Crippen LogP contribution >= 0.6 is 15.9 Å². The zero-order chi connectivity index (χ0) is 24.2. The summed E-state index contributed by atoms with van der Waals surface area (Å²) in [5, 5.41) is 2.96. The largest absolute Gasteiger partial charge is 0.460 e. The van der Waals surface area contributed by atoms with Gasteiger partial charge < -0.3 is 15.0 Å². The monoisotopic (exact) mass is 514 g/mol. The topological polar surface area (TPSA) is 75.7 Å². The second kappa shape index (κ2) is 13.6. The number of hydrogen-bond acceptors (Lipinski definition) is 4. The minimum Gasteiger partial charge on any atom is -0.460 e. The molecule has 33 heavy (non-hydrogen) atoms. The molecule has 0 saturated heterocycles. The van der Waals surface area contributed by atoms with Crippen LogP contribution in [0.1, 0.15) is 31.4 Å². The second-order valence-corrected chi connectivity index (χ2v) is 8.73. The standard InChI is InChI=1S/C26H31BrN2O4/c1-19(2)14-23(25(31)28-16-24(30)33-18-22-12-8-5-9-13-22)29(26(32)20(3)15-27)17-21-10-6-4-7-11-21/h4-13,19,23H,3,14-18H2,1-2H3,(H,28,31). The van der Waals surface area contributed by atoms with Crippen LogP contribution in [0.2, 0.25) is 0 Å². The van der Waals surface area contributed by atoms with E-state index in [0.29, 0.717) is 17.3 Å². The zero-order valence-electron chi connectivity index (χ0n) is 19.1. The number of rotatable bonds is 12. The highest BCUT2D eigenvalue weighted by Crippen LogP contribution is 2.19. The number of carbonyl (C=O) groups excluding carboxylic acids is 3. The first kappa shape index (κ1) is 26.3. The number of benzene rings is 2. The molecule has 1 unspecified atom stereocenters. The lowest BCUT2D eigenvalue weighted by molar-refractivity contribution is -0.146. The number of alkyl halides is 1. The molecule has 0 radical (unpaired) electrons. The third-order valence-corrected chi connectivity index (χ3v) is 5.62. The van der Waals surface area contributed by atoms with Crippen LogP contribution in [0, 0.1) is 5.92 Å². The van der Waals surface area contributed by atoms with Crippen LogP contribution < -0.4 is 5.32 Å². The predicted molar refractivity (Wildman–Crippen MR) is 132 cm³/mol. The Kier molecular flexibility index (Phi) is 10.8. The molecule has 1 N–H and O–H groups in total. The molecule has 0 aliphatic rings. The zero-order valence-corrected chi connectivity index (χ0v) is 20.7. The van der Waals surface area contributed by atoms with Gasteiger partial charge in [0.25, 0.3) is 5.91 Å². The van der Waals surface area contributed by atoms with Gasteiger partial charge in [0.05, 0.1) is 0 Å². The number of carbonyl (C=O) groups is 3. The summed E-state index contributed by atoms with van der Waals surface area (Å²) in [5.74, 6) is -1.09. The van der Waals surface area contributed by atoms with Crippen LogP contribution in [-0.4, -0.2) is 40.6 Å². The van der Waals surface area contributed by atoms with E-state index >= 15 is 0 Å². The Morgan fingerprint density at radius 3 is 2.12 bits per heavy atom. The highest BCUT2D eigenvalue weighted by molar-refractivity contribution is 9.09. The quantitative estimate of drug-likeness (QED) is 0.261. The van der Waals surface area contributed by atoms with Crippen molar-refractivity contribution in [3.05, 3.63) is 83.9 Å². The maximum Gasteiger partial charge on any atom is 0.325 e. The molecule has 0 fully saturated rings. The van der Waals surface area contributed by atoms with E-state index < -0.39 is 17.9 Å². The van der Waals surface area contributed by atoms with E-state index in [0.717, 1.165) is 11.1 Å². The van der Waals surface area contributed by atoms with Crippen molar-refractivity contribution in [3.63, 3.8) is 0 Å². The average Bonchev–Trinajstić information content (AvgIpc) is 2.83. The first-order valence-corrected chi connectivity index (χ1v) is 12.0. The molecule has 7 heteroatoms. The molecule has 176 valence electrons. The second-order valence-electron chi connectivity index (χ2n) is 8.17. The van der Waals surface area contributed by atoms with Crippen LogP contribution in [0.15, 0.2) is 72.8 Å². The summed E-state index contributed by atoms with van der Waals surface area (Å²) in [5.41, 5.74) is 2.12. The van der Waals surface area contributed by atoms with Crippen LogP contribution in [0.4, 0.5) is 0 Å². The molecule has 2 rings (SSSR count). The molecule has 0 aliphatic carbocycles. The molecule has 2 aromatic rings. The van der Waals surface area contributed by atoms with Crippen LogP contribution in [-0.2, 0) is 32.3 Å². The van der Waals surface area contributed by atoms with Crippen molar-refractivity contribution in [2.75, 3.05) is 11.9 Å². The smallest absolute Gasteiger partial charge is 0.325 e. The van der Waals surface area contributed by atoms with Gasteiger partial charge in [-0.3, -0.25) is 14.4 Å². The van der Waals surface area contributed by atoms with Crippen LogP contribution in [0.25, 0.3) is 0 Å². The van der Waals surface area contributed by atoms with E-state index in [9.17, 15) is 14.4 Å². The van der Waals surface area contributed by atoms with Crippen molar-refractivity contribution in [1.29, 1.82) is 0 Å². The van der Waals surface area contributed by atoms with Crippen molar-refractivity contribution in [2.45, 2.75) is 39.5 Å². The highest BCUT2D eigenvalue weighted by Gasteiger charge is 2.31. The molecule has 1 atom stereocenters. The maximum absolute atomic E-state index is 13.2. The maximum atomic E-state index is 13.2. The van der Waals surface area contributed by atoms with Gasteiger partial charge in [0, 0.05) is 17.4 Å². The van der Waals surface area contributed by atoms with Crippen molar-refractivity contribution in [2.24, 2.45) is 5.92 Å². The van der Waals surface area contributed by atoms with Crippen molar-refractivity contribution in [1.82, 2.24) is 10.2 Å². The molecule has 0 aliphatic heterocycles. The van der Waals surface area contributed by atoms with Gasteiger partial charge in [-0.2, -0.15) is 0 Å². The fourth-order valence-electron chi connectivity index (χ4n) is 3.25. The summed E-state index contributed by atoms with van der Waals surface area (Å²) >= 11 is 3.28. The molecule has 0 saturated carbocycles. The summed E-state index contributed by atoms with van der Waals surface area (Å²) < 4.78 is 5.24. The van der Waals surface area contributed by atoms with Gasteiger partial charge >= 0.3 is 5.97 Å². The Bertz CT molecular complexity index is 932. The fraction of sp³-hybridized carbons (Fsp3) is 0.346. The van der Waals surface area contributed by atoms with Crippen LogP contribution in [0.3, 0.4) is 0 Å².